The van der Waals surface area contributed by atoms with Gasteiger partial charge >= 0.3 is 0 Å². The third-order valence-electron chi connectivity index (χ3n) is 1.89. The highest BCUT2D eigenvalue weighted by atomic mass is 16.5. The van der Waals surface area contributed by atoms with Gasteiger partial charge in [-0.05, 0) is 20.3 Å². The minimum absolute atomic E-state index is 0.101. The van der Waals surface area contributed by atoms with Crippen molar-refractivity contribution in [3.8, 4) is 0 Å². The maximum Gasteiger partial charge on any atom is 0.194 e. The fourth-order valence-corrected chi connectivity index (χ4v) is 1.11. The standard InChI is InChI=1S/C7H18N2O3.C4H10O/c1-2-3-6(7(8,9)11)12-5-4-10;1-3-5-4-2/h6,10-11H,2-5,8-9H2,1H3;3-4H2,1-2H3. The van der Waals surface area contributed by atoms with E-state index in [0.29, 0.717) is 6.42 Å². The highest BCUT2D eigenvalue weighted by Gasteiger charge is 2.27. The molecule has 0 aliphatic carbocycles. The van der Waals surface area contributed by atoms with Gasteiger partial charge in [0.2, 0.25) is 0 Å². The molecule has 0 fully saturated rings. The fourth-order valence-electron chi connectivity index (χ4n) is 1.11. The van der Waals surface area contributed by atoms with Gasteiger partial charge in [-0.15, -0.1) is 0 Å². The summed E-state index contributed by atoms with van der Waals surface area (Å²) in [6, 6.07) is 0. The first-order valence-electron chi connectivity index (χ1n) is 6.04. The number of ether oxygens (including phenoxy) is 2. The molecule has 0 spiro atoms. The summed E-state index contributed by atoms with van der Waals surface area (Å²) in [7, 11) is 0. The van der Waals surface area contributed by atoms with Crippen LogP contribution in [0.2, 0.25) is 0 Å². The fraction of sp³-hybridized carbons (Fsp3) is 1.00. The number of rotatable bonds is 8. The summed E-state index contributed by atoms with van der Waals surface area (Å²) in [4.78, 5) is 0. The number of hydrogen-bond acceptors (Lipinski definition) is 6. The molecule has 0 aliphatic heterocycles. The van der Waals surface area contributed by atoms with Gasteiger partial charge in [0.15, 0.2) is 5.85 Å². The second kappa shape index (κ2) is 12.2. The zero-order chi connectivity index (χ0) is 13.7. The molecule has 6 heteroatoms. The first-order valence-corrected chi connectivity index (χ1v) is 6.04. The third-order valence-corrected chi connectivity index (χ3v) is 1.89. The van der Waals surface area contributed by atoms with Crippen LogP contribution in [-0.4, -0.2) is 48.6 Å². The Balaban J connectivity index is 0. The molecule has 0 rings (SSSR count). The molecule has 6 nitrogen and oxygen atoms in total. The maximum atomic E-state index is 9.18. The van der Waals surface area contributed by atoms with Crippen LogP contribution in [0.1, 0.15) is 33.6 Å². The molecule has 0 radical (unpaired) electrons. The first kappa shape index (κ1) is 19.1. The summed E-state index contributed by atoms with van der Waals surface area (Å²) in [6.07, 6.45) is 0.769. The Kier molecular flexibility index (Phi) is 13.7. The third kappa shape index (κ3) is 13.7. The van der Waals surface area contributed by atoms with Crippen molar-refractivity contribution >= 4 is 0 Å². The molecule has 0 heterocycles. The van der Waals surface area contributed by atoms with Crippen LogP contribution in [0.25, 0.3) is 0 Å². The molecule has 0 saturated heterocycles. The minimum atomic E-state index is -1.81. The van der Waals surface area contributed by atoms with Gasteiger partial charge in [0.1, 0.15) is 6.10 Å². The quantitative estimate of drug-likeness (QED) is 0.444. The maximum absolute atomic E-state index is 9.18. The smallest absolute Gasteiger partial charge is 0.194 e. The molecule has 0 aromatic rings. The molecule has 0 aliphatic rings. The van der Waals surface area contributed by atoms with Crippen LogP contribution in [0.5, 0.6) is 0 Å². The van der Waals surface area contributed by atoms with Gasteiger partial charge < -0.3 is 19.7 Å². The van der Waals surface area contributed by atoms with Crippen LogP contribution in [-0.2, 0) is 9.47 Å². The SMILES string of the molecule is CCCC(OCCO)C(N)(N)O.CCOCC. The van der Waals surface area contributed by atoms with Gasteiger partial charge in [0.25, 0.3) is 0 Å². The first-order chi connectivity index (χ1) is 7.93. The van der Waals surface area contributed by atoms with E-state index in [9.17, 15) is 5.11 Å². The van der Waals surface area contributed by atoms with Crippen LogP contribution >= 0.6 is 0 Å². The van der Waals surface area contributed by atoms with E-state index in [1.807, 2.05) is 20.8 Å². The molecule has 1 unspecified atom stereocenters. The van der Waals surface area contributed by atoms with E-state index in [1.165, 1.54) is 0 Å². The molecule has 6 N–H and O–H groups in total. The van der Waals surface area contributed by atoms with Gasteiger partial charge in [-0.1, -0.05) is 13.3 Å². The van der Waals surface area contributed by atoms with E-state index in [2.05, 4.69) is 0 Å². The summed E-state index contributed by atoms with van der Waals surface area (Å²) in [5.74, 6) is -1.81. The summed E-state index contributed by atoms with van der Waals surface area (Å²) in [5, 5.41) is 17.6. The predicted octanol–water partition coefficient (Wildman–Crippen LogP) is -0.230. The normalized spacial score (nSPS) is 12.9. The summed E-state index contributed by atoms with van der Waals surface area (Å²) < 4.78 is 9.88. The summed E-state index contributed by atoms with van der Waals surface area (Å²) >= 11 is 0. The van der Waals surface area contributed by atoms with Crippen molar-refractivity contribution in [3.63, 3.8) is 0 Å². The molecule has 0 bridgehead atoms. The summed E-state index contributed by atoms with van der Waals surface area (Å²) in [6.45, 7) is 7.64. The lowest BCUT2D eigenvalue weighted by molar-refractivity contribution is -0.111. The topological polar surface area (TPSA) is 111 Å². The number of aliphatic hydroxyl groups is 2. The highest BCUT2D eigenvalue weighted by Crippen LogP contribution is 2.08. The van der Waals surface area contributed by atoms with Crippen molar-refractivity contribution in [2.45, 2.75) is 45.6 Å². The largest absolute Gasteiger partial charge is 0.394 e. The predicted molar refractivity (Wildman–Crippen MR) is 67.2 cm³/mol. The van der Waals surface area contributed by atoms with E-state index >= 15 is 0 Å². The van der Waals surface area contributed by atoms with Gasteiger partial charge in [0, 0.05) is 13.2 Å². The van der Waals surface area contributed by atoms with Crippen molar-refractivity contribution in [1.82, 2.24) is 0 Å². The monoisotopic (exact) mass is 252 g/mol. The van der Waals surface area contributed by atoms with E-state index in [-0.39, 0.29) is 13.2 Å². The molecular weight excluding hydrogens is 224 g/mol. The Morgan fingerprint density at radius 3 is 1.94 bits per heavy atom. The van der Waals surface area contributed by atoms with Crippen LogP contribution in [0.15, 0.2) is 0 Å². The van der Waals surface area contributed by atoms with E-state index < -0.39 is 12.0 Å². The molecule has 17 heavy (non-hydrogen) atoms. The Labute approximate surface area is 104 Å². The minimum Gasteiger partial charge on any atom is -0.394 e. The molecule has 0 amide bonds. The van der Waals surface area contributed by atoms with Crippen molar-refractivity contribution in [3.05, 3.63) is 0 Å². The molecule has 106 valence electrons. The van der Waals surface area contributed by atoms with Gasteiger partial charge in [-0.25, -0.2) is 0 Å². The molecule has 0 aromatic carbocycles. The molecule has 1 atom stereocenters. The van der Waals surface area contributed by atoms with E-state index in [4.69, 9.17) is 26.0 Å². The van der Waals surface area contributed by atoms with Crippen LogP contribution in [0.3, 0.4) is 0 Å². The van der Waals surface area contributed by atoms with Gasteiger partial charge in [-0.3, -0.25) is 11.5 Å². The Bertz CT molecular complexity index is 149. The zero-order valence-electron chi connectivity index (χ0n) is 11.2. The molecular formula is C11H28N2O4. The lowest BCUT2D eigenvalue weighted by Gasteiger charge is -2.28. The number of hydrogen-bond donors (Lipinski definition) is 4. The number of aliphatic hydroxyl groups excluding tert-OH is 1. The average Bonchev–Trinajstić information content (AvgIpc) is 2.24. The Morgan fingerprint density at radius 1 is 1.18 bits per heavy atom. The average molecular weight is 252 g/mol. The van der Waals surface area contributed by atoms with Crippen molar-refractivity contribution in [1.29, 1.82) is 0 Å². The van der Waals surface area contributed by atoms with Crippen molar-refractivity contribution in [2.24, 2.45) is 11.5 Å². The molecule has 0 aromatic heterocycles. The van der Waals surface area contributed by atoms with Crippen LogP contribution in [0.4, 0.5) is 0 Å². The van der Waals surface area contributed by atoms with E-state index in [0.717, 1.165) is 19.6 Å². The van der Waals surface area contributed by atoms with E-state index in [1.54, 1.807) is 0 Å². The highest BCUT2D eigenvalue weighted by molar-refractivity contribution is 4.74. The summed E-state index contributed by atoms with van der Waals surface area (Å²) in [5.41, 5.74) is 10.5. The zero-order valence-corrected chi connectivity index (χ0v) is 11.2. The van der Waals surface area contributed by atoms with Crippen LogP contribution < -0.4 is 11.5 Å². The Morgan fingerprint density at radius 2 is 1.71 bits per heavy atom. The van der Waals surface area contributed by atoms with Crippen molar-refractivity contribution in [2.75, 3.05) is 26.4 Å². The van der Waals surface area contributed by atoms with Crippen LogP contribution in [0, 0.1) is 0 Å². The Hall–Kier alpha value is -0.240. The molecule has 0 saturated carbocycles. The second-order valence-electron chi connectivity index (χ2n) is 3.54. The van der Waals surface area contributed by atoms with Crippen molar-refractivity contribution < 1.29 is 19.7 Å². The lowest BCUT2D eigenvalue weighted by atomic mass is 10.1. The van der Waals surface area contributed by atoms with Gasteiger partial charge in [-0.2, -0.15) is 0 Å². The second-order valence-corrected chi connectivity index (χ2v) is 3.54. The number of nitrogens with two attached hydrogens (primary N) is 2. The van der Waals surface area contributed by atoms with Gasteiger partial charge in [0.05, 0.1) is 13.2 Å². The lowest BCUT2D eigenvalue weighted by Crippen LogP contribution is -2.59.